The van der Waals surface area contributed by atoms with Gasteiger partial charge in [0.1, 0.15) is 5.82 Å². The number of para-hydroxylation sites is 1. The highest BCUT2D eigenvalue weighted by atomic mass is 16.5. The van der Waals surface area contributed by atoms with Crippen molar-refractivity contribution in [1.29, 1.82) is 0 Å². The lowest BCUT2D eigenvalue weighted by Crippen LogP contribution is -2.32. The highest BCUT2D eigenvalue weighted by Crippen LogP contribution is 2.29. The van der Waals surface area contributed by atoms with E-state index < -0.39 is 0 Å². The predicted molar refractivity (Wildman–Crippen MR) is 129 cm³/mol. The highest BCUT2D eigenvalue weighted by molar-refractivity contribution is 5.96. The van der Waals surface area contributed by atoms with Crippen LogP contribution in [0.15, 0.2) is 53.6 Å². The van der Waals surface area contributed by atoms with Gasteiger partial charge in [-0.2, -0.15) is 10.2 Å². The molecule has 0 radical (unpaired) electrons. The number of carbonyl (C=O) groups excluding carboxylic acids is 1. The molecule has 1 aliphatic rings. The minimum atomic E-state index is -0.333. The lowest BCUT2D eigenvalue weighted by Gasteiger charge is -2.29. The molecule has 0 bridgehead atoms. The molecular weight excluding hydrogens is 418 g/mol. The van der Waals surface area contributed by atoms with E-state index in [1.165, 1.54) is 13.5 Å². The van der Waals surface area contributed by atoms with E-state index in [4.69, 9.17) is 14.6 Å². The van der Waals surface area contributed by atoms with E-state index in [1.807, 2.05) is 41.9 Å². The van der Waals surface area contributed by atoms with Crippen molar-refractivity contribution in [1.82, 2.24) is 15.2 Å². The molecular formula is C25H29N5O3. The van der Waals surface area contributed by atoms with Crippen LogP contribution in [0.25, 0.3) is 5.69 Å². The van der Waals surface area contributed by atoms with Crippen molar-refractivity contribution in [3.05, 3.63) is 65.4 Å². The number of hydrogen-bond acceptors (Lipinski definition) is 6. The molecule has 1 fully saturated rings. The molecule has 0 aliphatic carbocycles. The van der Waals surface area contributed by atoms with Crippen molar-refractivity contribution in [3.63, 3.8) is 0 Å². The number of benzene rings is 2. The van der Waals surface area contributed by atoms with E-state index in [9.17, 15) is 4.79 Å². The van der Waals surface area contributed by atoms with Gasteiger partial charge in [-0.3, -0.25) is 4.79 Å². The summed E-state index contributed by atoms with van der Waals surface area (Å²) >= 11 is 0. The number of aromatic nitrogens is 2. The average molecular weight is 448 g/mol. The summed E-state index contributed by atoms with van der Waals surface area (Å²) in [6, 6.07) is 15.1. The van der Waals surface area contributed by atoms with Crippen LogP contribution in [0.4, 0.5) is 5.82 Å². The second-order valence-electron chi connectivity index (χ2n) is 7.89. The van der Waals surface area contributed by atoms with Crippen molar-refractivity contribution >= 4 is 17.9 Å². The quantitative estimate of drug-likeness (QED) is 0.438. The van der Waals surface area contributed by atoms with Gasteiger partial charge in [0.2, 0.25) is 0 Å². The minimum absolute atomic E-state index is 0.333. The molecule has 4 rings (SSSR count). The average Bonchev–Trinajstić information content (AvgIpc) is 3.20. The molecule has 1 aliphatic heterocycles. The Morgan fingerprint density at radius 3 is 2.45 bits per heavy atom. The molecule has 0 atom stereocenters. The van der Waals surface area contributed by atoms with E-state index in [1.54, 1.807) is 31.5 Å². The molecule has 8 nitrogen and oxygen atoms in total. The summed E-state index contributed by atoms with van der Waals surface area (Å²) in [7, 11) is 3.09. The minimum Gasteiger partial charge on any atom is -0.493 e. The molecule has 8 heteroatoms. The van der Waals surface area contributed by atoms with E-state index in [2.05, 4.69) is 15.4 Å². The third-order valence-corrected chi connectivity index (χ3v) is 5.74. The molecule has 1 N–H and O–H groups in total. The first-order valence-corrected chi connectivity index (χ1v) is 11.1. The number of aryl methyl sites for hydroxylation is 1. The number of hydrogen-bond donors (Lipinski definition) is 1. The molecule has 1 aromatic heterocycles. The summed E-state index contributed by atoms with van der Waals surface area (Å²) in [6.07, 6.45) is 5.21. The monoisotopic (exact) mass is 447 g/mol. The number of rotatable bonds is 7. The second-order valence-corrected chi connectivity index (χ2v) is 7.89. The van der Waals surface area contributed by atoms with Crippen molar-refractivity contribution in [2.75, 3.05) is 32.2 Å². The van der Waals surface area contributed by atoms with Gasteiger partial charge in [-0.1, -0.05) is 18.2 Å². The number of nitrogens with zero attached hydrogens (tertiary/aromatic N) is 4. The first-order valence-electron chi connectivity index (χ1n) is 11.1. The molecule has 0 spiro atoms. The van der Waals surface area contributed by atoms with E-state index >= 15 is 0 Å². The van der Waals surface area contributed by atoms with Gasteiger partial charge in [0.05, 0.1) is 37.4 Å². The fraction of sp³-hybridized carbons (Fsp3) is 0.320. The van der Waals surface area contributed by atoms with Crippen LogP contribution in [0.5, 0.6) is 11.5 Å². The van der Waals surface area contributed by atoms with E-state index in [0.29, 0.717) is 17.1 Å². The molecule has 2 heterocycles. The van der Waals surface area contributed by atoms with Gasteiger partial charge < -0.3 is 14.4 Å². The first-order chi connectivity index (χ1) is 16.1. The summed E-state index contributed by atoms with van der Waals surface area (Å²) in [6.45, 7) is 3.90. The topological polar surface area (TPSA) is 81.0 Å². The summed E-state index contributed by atoms with van der Waals surface area (Å²) in [5.41, 5.74) is 5.79. The molecule has 0 unspecified atom stereocenters. The largest absolute Gasteiger partial charge is 0.493 e. The number of methoxy groups -OCH3 is 2. The Balaban J connectivity index is 1.61. The van der Waals surface area contributed by atoms with Gasteiger partial charge in [-0.05, 0) is 56.5 Å². The van der Waals surface area contributed by atoms with Crippen LogP contribution in [0.3, 0.4) is 0 Å². The maximum atomic E-state index is 12.6. The molecule has 0 saturated carbocycles. The Kier molecular flexibility index (Phi) is 6.92. The Labute approximate surface area is 193 Å². The van der Waals surface area contributed by atoms with Crippen LogP contribution in [0.2, 0.25) is 0 Å². The Hall–Kier alpha value is -3.81. The highest BCUT2D eigenvalue weighted by Gasteiger charge is 2.22. The molecule has 1 saturated heterocycles. The molecule has 3 aromatic rings. The lowest BCUT2D eigenvalue weighted by molar-refractivity contribution is 0.0954. The van der Waals surface area contributed by atoms with Crippen LogP contribution in [0.1, 0.15) is 40.9 Å². The molecule has 33 heavy (non-hydrogen) atoms. The van der Waals surface area contributed by atoms with Crippen LogP contribution in [-0.2, 0) is 0 Å². The standard InChI is InChI=1S/C25H29N5O3/c1-18-21(17-26-27-24(31)19-12-13-22(32-2)23(16-19)33-3)25(29-14-8-5-9-15-29)30(28-18)20-10-6-4-7-11-20/h4,6-7,10-13,16-17H,5,8-9,14-15H2,1-3H3,(H,27,31)/b26-17-. The molecule has 2 aromatic carbocycles. The SMILES string of the molecule is COc1ccc(C(=O)N/N=C\c2c(C)nn(-c3ccccc3)c2N2CCCCC2)cc1OC. The number of nitrogens with one attached hydrogen (secondary N) is 1. The zero-order valence-electron chi connectivity index (χ0n) is 19.2. The number of piperidine rings is 1. The van der Waals surface area contributed by atoms with Gasteiger partial charge in [0.25, 0.3) is 5.91 Å². The number of amides is 1. The van der Waals surface area contributed by atoms with Crippen molar-refractivity contribution < 1.29 is 14.3 Å². The van der Waals surface area contributed by atoms with Crippen molar-refractivity contribution in [3.8, 4) is 17.2 Å². The Bertz CT molecular complexity index is 1130. The van der Waals surface area contributed by atoms with Gasteiger partial charge in [0, 0.05) is 18.7 Å². The number of carbonyl (C=O) groups is 1. The van der Waals surface area contributed by atoms with Crippen molar-refractivity contribution in [2.45, 2.75) is 26.2 Å². The summed E-state index contributed by atoms with van der Waals surface area (Å²) in [4.78, 5) is 15.0. The fourth-order valence-electron chi connectivity index (χ4n) is 4.03. The van der Waals surface area contributed by atoms with E-state index in [0.717, 1.165) is 48.7 Å². The van der Waals surface area contributed by atoms with Crippen molar-refractivity contribution in [2.24, 2.45) is 5.10 Å². The molecule has 1 amide bonds. The predicted octanol–water partition coefficient (Wildman–Crippen LogP) is 3.95. The number of anilines is 1. The van der Waals surface area contributed by atoms with Gasteiger partial charge in [-0.15, -0.1) is 0 Å². The van der Waals surface area contributed by atoms with E-state index in [-0.39, 0.29) is 5.91 Å². The van der Waals surface area contributed by atoms with Gasteiger partial charge >= 0.3 is 0 Å². The number of ether oxygens (including phenoxy) is 2. The Morgan fingerprint density at radius 1 is 1.03 bits per heavy atom. The molecule has 172 valence electrons. The van der Waals surface area contributed by atoms with Crippen LogP contribution >= 0.6 is 0 Å². The van der Waals surface area contributed by atoms with Crippen LogP contribution < -0.4 is 19.8 Å². The number of hydrazone groups is 1. The lowest BCUT2D eigenvalue weighted by atomic mass is 10.1. The third-order valence-electron chi connectivity index (χ3n) is 5.74. The van der Waals surface area contributed by atoms with Crippen LogP contribution in [0, 0.1) is 6.92 Å². The Morgan fingerprint density at radius 2 is 1.76 bits per heavy atom. The fourth-order valence-corrected chi connectivity index (χ4v) is 4.03. The zero-order chi connectivity index (χ0) is 23.2. The first kappa shape index (κ1) is 22.4. The third kappa shape index (κ3) is 4.84. The van der Waals surface area contributed by atoms with Gasteiger partial charge in [0.15, 0.2) is 11.5 Å². The maximum absolute atomic E-state index is 12.6. The smallest absolute Gasteiger partial charge is 0.271 e. The maximum Gasteiger partial charge on any atom is 0.271 e. The summed E-state index contributed by atoms with van der Waals surface area (Å²) in [5.74, 6) is 1.72. The zero-order valence-corrected chi connectivity index (χ0v) is 19.2. The van der Waals surface area contributed by atoms with Crippen LogP contribution in [-0.4, -0.2) is 49.2 Å². The summed E-state index contributed by atoms with van der Waals surface area (Å²) < 4.78 is 12.5. The normalized spacial score (nSPS) is 13.8. The summed E-state index contributed by atoms with van der Waals surface area (Å²) in [5, 5.41) is 9.06. The van der Waals surface area contributed by atoms with Gasteiger partial charge in [-0.25, -0.2) is 10.1 Å². The second kappa shape index (κ2) is 10.2.